The maximum Gasteiger partial charge on any atom is 0.266 e. The molecule has 1 saturated carbocycles. The Labute approximate surface area is 205 Å². The number of hydrogen-bond donors (Lipinski definition) is 0. The molecule has 0 aliphatic heterocycles. The van der Waals surface area contributed by atoms with Crippen molar-refractivity contribution in [3.63, 3.8) is 0 Å². The molecule has 0 N–H and O–H groups in total. The van der Waals surface area contributed by atoms with Gasteiger partial charge in [0.25, 0.3) is 5.56 Å². The lowest BCUT2D eigenvalue weighted by molar-refractivity contribution is -0.138. The van der Waals surface area contributed by atoms with Crippen LogP contribution in [0.3, 0.4) is 0 Å². The fourth-order valence-corrected chi connectivity index (χ4v) is 4.98. The number of aromatic nitrogens is 2. The number of rotatable bonds is 7. The molecule has 6 nitrogen and oxygen atoms in total. The minimum absolute atomic E-state index is 0.0391. The fraction of sp³-hybridized carbons (Fsp3) is 0.444. The summed E-state index contributed by atoms with van der Waals surface area (Å²) in [5, 5.41) is 0.995. The molecule has 4 rings (SSSR count). The molecule has 0 bridgehead atoms. The normalized spacial score (nSPS) is 15.1. The number of fused-ring (bicyclic) bond motifs is 1. The van der Waals surface area contributed by atoms with Crippen LogP contribution in [-0.4, -0.2) is 34.0 Å². The number of halogens is 1. The zero-order valence-corrected chi connectivity index (χ0v) is 21.0. The average molecular weight is 482 g/mol. The molecule has 1 heterocycles. The highest BCUT2D eigenvalue weighted by atomic mass is 35.5. The Morgan fingerprint density at radius 1 is 1.15 bits per heavy atom. The third-order valence-corrected chi connectivity index (χ3v) is 6.81. The van der Waals surface area contributed by atoms with Crippen LogP contribution in [0.4, 0.5) is 0 Å². The van der Waals surface area contributed by atoms with Gasteiger partial charge >= 0.3 is 0 Å². The van der Waals surface area contributed by atoms with E-state index in [1.165, 1.54) is 0 Å². The van der Waals surface area contributed by atoms with Crippen molar-refractivity contribution in [2.24, 2.45) is 11.8 Å². The van der Waals surface area contributed by atoms with Gasteiger partial charge in [0, 0.05) is 17.5 Å². The molecular formula is C27H32ClN3O3. The summed E-state index contributed by atoms with van der Waals surface area (Å²) in [7, 11) is 1.61. The van der Waals surface area contributed by atoms with Crippen LogP contribution in [0.2, 0.25) is 5.02 Å². The van der Waals surface area contributed by atoms with E-state index in [0.717, 1.165) is 25.7 Å². The number of ether oxygens (including phenoxy) is 1. The number of methoxy groups -OCH3 is 1. The number of benzene rings is 2. The molecule has 1 unspecified atom stereocenters. The first-order valence-electron chi connectivity index (χ1n) is 12.0. The average Bonchev–Trinajstić information content (AvgIpc) is 3.36. The first-order chi connectivity index (χ1) is 16.3. The molecule has 2 aromatic carbocycles. The number of carbonyl (C=O) groups excluding carboxylic acids is 1. The van der Waals surface area contributed by atoms with E-state index in [1.807, 2.05) is 36.1 Å². The van der Waals surface area contributed by atoms with Crippen molar-refractivity contribution >= 4 is 28.4 Å². The molecule has 1 fully saturated rings. The quantitative estimate of drug-likeness (QED) is 0.429. The van der Waals surface area contributed by atoms with E-state index in [4.69, 9.17) is 21.3 Å². The topological polar surface area (TPSA) is 64.4 Å². The number of nitrogens with zero attached hydrogens (tertiary/aromatic N) is 3. The smallest absolute Gasteiger partial charge is 0.266 e. The summed E-state index contributed by atoms with van der Waals surface area (Å²) in [4.78, 5) is 34.2. The first kappa shape index (κ1) is 24.3. The number of carbonyl (C=O) groups is 1. The number of amides is 1. The van der Waals surface area contributed by atoms with Crippen molar-refractivity contribution in [2.45, 2.75) is 52.5 Å². The second-order valence-electron chi connectivity index (χ2n) is 9.51. The van der Waals surface area contributed by atoms with Crippen LogP contribution in [0.1, 0.15) is 58.3 Å². The summed E-state index contributed by atoms with van der Waals surface area (Å²) in [5.74, 6) is 1.70. The van der Waals surface area contributed by atoms with Gasteiger partial charge in [-0.2, -0.15) is 0 Å². The summed E-state index contributed by atoms with van der Waals surface area (Å²) in [5.41, 5.74) is 1.02. The van der Waals surface area contributed by atoms with E-state index in [0.29, 0.717) is 39.7 Å². The zero-order chi connectivity index (χ0) is 24.4. The van der Waals surface area contributed by atoms with Crippen molar-refractivity contribution < 1.29 is 9.53 Å². The van der Waals surface area contributed by atoms with Gasteiger partial charge in [-0.05, 0) is 68.1 Å². The molecule has 7 heteroatoms. The van der Waals surface area contributed by atoms with E-state index in [2.05, 4.69) is 13.8 Å². The van der Waals surface area contributed by atoms with Crippen LogP contribution in [0.15, 0.2) is 47.3 Å². The van der Waals surface area contributed by atoms with Gasteiger partial charge in [0.2, 0.25) is 5.91 Å². The molecule has 180 valence electrons. The Hall–Kier alpha value is -2.86. The van der Waals surface area contributed by atoms with E-state index in [9.17, 15) is 9.59 Å². The minimum atomic E-state index is -0.395. The van der Waals surface area contributed by atoms with Gasteiger partial charge in [-0.1, -0.05) is 38.3 Å². The molecule has 34 heavy (non-hydrogen) atoms. The van der Waals surface area contributed by atoms with Gasteiger partial charge in [-0.15, -0.1) is 0 Å². The molecule has 3 aromatic rings. The highest BCUT2D eigenvalue weighted by Crippen LogP contribution is 2.31. The Balaban J connectivity index is 1.90. The van der Waals surface area contributed by atoms with Gasteiger partial charge in [0.1, 0.15) is 11.6 Å². The van der Waals surface area contributed by atoms with E-state index in [1.54, 1.807) is 29.9 Å². The van der Waals surface area contributed by atoms with E-state index < -0.39 is 6.04 Å². The molecule has 1 aliphatic rings. The Kier molecular flexibility index (Phi) is 7.27. The molecule has 1 atom stereocenters. The first-order valence-corrected chi connectivity index (χ1v) is 12.3. The Morgan fingerprint density at radius 2 is 1.82 bits per heavy atom. The van der Waals surface area contributed by atoms with Crippen LogP contribution in [0, 0.1) is 11.8 Å². The summed E-state index contributed by atoms with van der Waals surface area (Å²) in [6.07, 6.45) is 4.02. The fourth-order valence-electron chi connectivity index (χ4n) is 4.82. The molecule has 0 radical (unpaired) electrons. The van der Waals surface area contributed by atoms with Gasteiger partial charge in [-0.25, -0.2) is 4.98 Å². The van der Waals surface area contributed by atoms with E-state index in [-0.39, 0.29) is 23.3 Å². The SMILES string of the molecule is COc1ccc(-n2c(C(C)N(CC(C)C)C(=O)C3CCCC3)nc3cc(Cl)ccc3c2=O)cc1. The molecule has 1 amide bonds. The molecule has 0 saturated heterocycles. The van der Waals surface area contributed by atoms with E-state index >= 15 is 0 Å². The lowest BCUT2D eigenvalue weighted by Crippen LogP contribution is -2.42. The van der Waals surface area contributed by atoms with Crippen molar-refractivity contribution in [1.29, 1.82) is 0 Å². The zero-order valence-electron chi connectivity index (χ0n) is 20.3. The third-order valence-electron chi connectivity index (χ3n) is 6.58. The molecule has 0 spiro atoms. The van der Waals surface area contributed by atoms with Crippen LogP contribution >= 0.6 is 11.6 Å². The lowest BCUT2D eigenvalue weighted by atomic mass is 10.0. The van der Waals surface area contributed by atoms with Crippen LogP contribution < -0.4 is 10.3 Å². The van der Waals surface area contributed by atoms with Gasteiger partial charge < -0.3 is 9.64 Å². The van der Waals surface area contributed by atoms with Crippen molar-refractivity contribution in [3.05, 3.63) is 63.7 Å². The van der Waals surface area contributed by atoms with Gasteiger partial charge in [-0.3, -0.25) is 14.2 Å². The largest absolute Gasteiger partial charge is 0.497 e. The summed E-state index contributed by atoms with van der Waals surface area (Å²) in [6, 6.07) is 12.0. The second-order valence-corrected chi connectivity index (χ2v) is 9.95. The van der Waals surface area contributed by atoms with Crippen LogP contribution in [0.25, 0.3) is 16.6 Å². The van der Waals surface area contributed by atoms with Crippen molar-refractivity contribution in [2.75, 3.05) is 13.7 Å². The van der Waals surface area contributed by atoms with Crippen molar-refractivity contribution in [1.82, 2.24) is 14.5 Å². The highest BCUT2D eigenvalue weighted by molar-refractivity contribution is 6.31. The molecular weight excluding hydrogens is 450 g/mol. The second kappa shape index (κ2) is 10.2. The monoisotopic (exact) mass is 481 g/mol. The lowest BCUT2D eigenvalue weighted by Gasteiger charge is -2.33. The minimum Gasteiger partial charge on any atom is -0.497 e. The standard InChI is InChI=1S/C27H32ClN3O3/c1-17(2)16-30(26(32)19-7-5-6-8-19)18(3)25-29-24-15-20(28)9-14-23(24)27(33)31(25)21-10-12-22(34-4)13-11-21/h9-15,17-19H,5-8,16H2,1-4H3. The van der Waals surface area contributed by atoms with Crippen LogP contribution in [0.5, 0.6) is 5.75 Å². The Bertz CT molecular complexity index is 1230. The summed E-state index contributed by atoms with van der Waals surface area (Å²) >= 11 is 6.23. The van der Waals surface area contributed by atoms with Gasteiger partial charge in [0.15, 0.2) is 0 Å². The maximum absolute atomic E-state index is 13.7. The van der Waals surface area contributed by atoms with Crippen LogP contribution in [-0.2, 0) is 4.79 Å². The predicted octanol–water partition coefficient (Wildman–Crippen LogP) is 5.78. The Morgan fingerprint density at radius 3 is 2.44 bits per heavy atom. The maximum atomic E-state index is 13.7. The van der Waals surface area contributed by atoms with Gasteiger partial charge in [0.05, 0.1) is 29.7 Å². The summed E-state index contributed by atoms with van der Waals surface area (Å²) < 4.78 is 6.92. The highest BCUT2D eigenvalue weighted by Gasteiger charge is 2.33. The molecule has 1 aliphatic carbocycles. The third kappa shape index (κ3) is 4.83. The predicted molar refractivity (Wildman–Crippen MR) is 136 cm³/mol. The number of hydrogen-bond acceptors (Lipinski definition) is 4. The van der Waals surface area contributed by atoms with Crippen molar-refractivity contribution in [3.8, 4) is 11.4 Å². The molecule has 1 aromatic heterocycles. The summed E-state index contributed by atoms with van der Waals surface area (Å²) in [6.45, 7) is 6.77.